The monoisotopic (exact) mass is 310 g/mol. The number of nitriles is 1. The Morgan fingerprint density at radius 1 is 1.36 bits per heavy atom. The maximum atomic E-state index is 11.7. The second kappa shape index (κ2) is 7.48. The largest absolute Gasteiger partial charge is 0.465 e. The molecule has 0 spiro atoms. The molecule has 0 aromatic heterocycles. The van der Waals surface area contributed by atoms with Crippen LogP contribution < -0.4 is 5.32 Å². The normalized spacial score (nSPS) is 23.3. The lowest BCUT2D eigenvalue weighted by Gasteiger charge is -2.21. The molecule has 0 saturated heterocycles. The van der Waals surface area contributed by atoms with E-state index in [9.17, 15) is 14.9 Å². The highest BCUT2D eigenvalue weighted by atomic mass is 16.6. The molecule has 1 aliphatic rings. The average Bonchev–Trinajstić information content (AvgIpc) is 3.08. The molecule has 22 heavy (non-hydrogen) atoms. The first-order valence-electron chi connectivity index (χ1n) is 7.80. The van der Waals surface area contributed by atoms with Crippen LogP contribution in [-0.2, 0) is 14.3 Å². The Kier molecular flexibility index (Phi) is 6.21. The van der Waals surface area contributed by atoms with E-state index in [0.29, 0.717) is 12.8 Å². The van der Waals surface area contributed by atoms with Gasteiger partial charge in [-0.1, -0.05) is 19.8 Å². The van der Waals surface area contributed by atoms with Crippen LogP contribution >= 0.6 is 0 Å². The van der Waals surface area contributed by atoms with E-state index >= 15 is 0 Å². The van der Waals surface area contributed by atoms with E-state index in [4.69, 9.17) is 9.47 Å². The molecule has 1 aliphatic carbocycles. The van der Waals surface area contributed by atoms with E-state index in [2.05, 4.69) is 18.3 Å². The number of unbranched alkanes of at least 4 members (excludes halogenated alkanes) is 2. The van der Waals surface area contributed by atoms with Gasteiger partial charge in [0.15, 0.2) is 0 Å². The second-order valence-electron chi connectivity index (χ2n) is 6.75. The molecule has 0 aromatic carbocycles. The van der Waals surface area contributed by atoms with Crippen LogP contribution in [0.25, 0.3) is 0 Å². The number of nitrogens with one attached hydrogen (secondary N) is 1. The minimum atomic E-state index is -0.966. The Balaban J connectivity index is 2.35. The van der Waals surface area contributed by atoms with Crippen LogP contribution in [0.1, 0.15) is 59.8 Å². The average molecular weight is 310 g/mol. The smallest absolute Gasteiger partial charge is 0.408 e. The predicted molar refractivity (Wildman–Crippen MR) is 80.9 cm³/mol. The number of ether oxygens (including phenoxy) is 2. The fraction of sp³-hybridized carbons (Fsp3) is 0.812. The van der Waals surface area contributed by atoms with Crippen LogP contribution in [0.2, 0.25) is 0 Å². The van der Waals surface area contributed by atoms with E-state index in [1.54, 1.807) is 20.8 Å². The highest BCUT2D eigenvalue weighted by Crippen LogP contribution is 2.43. The number of rotatable bonds is 7. The Labute approximate surface area is 132 Å². The van der Waals surface area contributed by atoms with Crippen molar-refractivity contribution < 1.29 is 19.1 Å². The second-order valence-corrected chi connectivity index (χ2v) is 6.75. The molecule has 0 radical (unpaired) electrons. The molecule has 6 nitrogen and oxygen atoms in total. The predicted octanol–water partition coefficient (Wildman–Crippen LogP) is 2.92. The topological polar surface area (TPSA) is 88.4 Å². The van der Waals surface area contributed by atoms with Gasteiger partial charge in [-0.2, -0.15) is 5.26 Å². The summed E-state index contributed by atoms with van der Waals surface area (Å²) in [5.74, 6) is -0.412. The number of alkyl carbamates (subject to hydrolysis) is 1. The van der Waals surface area contributed by atoms with Gasteiger partial charge in [0.1, 0.15) is 11.1 Å². The molecule has 0 bridgehead atoms. The van der Waals surface area contributed by atoms with Crippen LogP contribution in [0.4, 0.5) is 4.79 Å². The van der Waals surface area contributed by atoms with Gasteiger partial charge < -0.3 is 14.8 Å². The Morgan fingerprint density at radius 2 is 2.05 bits per heavy atom. The highest BCUT2D eigenvalue weighted by molar-refractivity contribution is 5.71. The molecule has 0 heterocycles. The lowest BCUT2D eigenvalue weighted by Crippen LogP contribution is -2.41. The molecule has 0 aromatic rings. The summed E-state index contributed by atoms with van der Waals surface area (Å²) in [6.07, 6.45) is 3.13. The van der Waals surface area contributed by atoms with Gasteiger partial charge >= 0.3 is 12.1 Å². The van der Waals surface area contributed by atoms with Crippen molar-refractivity contribution in [3.63, 3.8) is 0 Å². The van der Waals surface area contributed by atoms with E-state index in [1.165, 1.54) is 0 Å². The van der Waals surface area contributed by atoms with Gasteiger partial charge in [-0.3, -0.25) is 4.79 Å². The minimum Gasteiger partial charge on any atom is -0.465 e. The van der Waals surface area contributed by atoms with Crippen molar-refractivity contribution in [1.29, 1.82) is 5.26 Å². The number of carbonyl (C=O) groups excluding carboxylic acids is 2. The van der Waals surface area contributed by atoms with Crippen LogP contribution in [0.5, 0.6) is 0 Å². The quantitative estimate of drug-likeness (QED) is 0.577. The van der Waals surface area contributed by atoms with Gasteiger partial charge in [0.25, 0.3) is 0 Å². The van der Waals surface area contributed by atoms with Crippen LogP contribution in [0.15, 0.2) is 0 Å². The SMILES string of the molecule is CCCCCC(=O)OC[C@@H]1C[C@@]1(C#N)NC(=O)OC(C)(C)C. The van der Waals surface area contributed by atoms with E-state index in [0.717, 1.165) is 19.3 Å². The standard InChI is InChI=1S/C16H26N2O4/c1-5-6-7-8-13(19)21-10-12-9-16(12,11-17)18-14(20)22-15(2,3)4/h12H,5-10H2,1-4H3,(H,18,20)/t12-,16-/m0/s1. The van der Waals surface area contributed by atoms with Crippen molar-refractivity contribution >= 4 is 12.1 Å². The van der Waals surface area contributed by atoms with Crippen LogP contribution in [-0.4, -0.2) is 29.8 Å². The van der Waals surface area contributed by atoms with Gasteiger partial charge in [-0.15, -0.1) is 0 Å². The lowest BCUT2D eigenvalue weighted by molar-refractivity contribution is -0.144. The maximum Gasteiger partial charge on any atom is 0.408 e. The number of carbonyl (C=O) groups is 2. The molecule has 124 valence electrons. The first-order chi connectivity index (χ1) is 10.2. The molecular formula is C16H26N2O4. The molecule has 0 aliphatic heterocycles. The molecular weight excluding hydrogens is 284 g/mol. The molecule has 1 N–H and O–H groups in total. The van der Waals surface area contributed by atoms with E-state index in [-0.39, 0.29) is 18.5 Å². The van der Waals surface area contributed by atoms with Crippen molar-refractivity contribution in [2.24, 2.45) is 5.92 Å². The summed E-state index contributed by atoms with van der Waals surface area (Å²) in [6, 6.07) is 2.09. The van der Waals surface area contributed by atoms with Crippen LogP contribution in [0, 0.1) is 17.2 Å². The molecule has 0 unspecified atom stereocenters. The van der Waals surface area contributed by atoms with Gasteiger partial charge in [0.05, 0.1) is 12.7 Å². The Bertz CT molecular complexity index is 450. The van der Waals surface area contributed by atoms with Crippen molar-refractivity contribution in [2.45, 2.75) is 70.9 Å². The molecule has 1 saturated carbocycles. The highest BCUT2D eigenvalue weighted by Gasteiger charge is 2.57. The summed E-state index contributed by atoms with van der Waals surface area (Å²) in [7, 11) is 0. The summed E-state index contributed by atoms with van der Waals surface area (Å²) < 4.78 is 10.3. The summed E-state index contributed by atoms with van der Waals surface area (Å²) in [5, 5.41) is 11.8. The number of hydrogen-bond donors (Lipinski definition) is 1. The Morgan fingerprint density at radius 3 is 2.59 bits per heavy atom. The molecule has 2 atom stereocenters. The minimum absolute atomic E-state index is 0.161. The molecule has 1 rings (SSSR count). The van der Waals surface area contributed by atoms with Crippen molar-refractivity contribution in [2.75, 3.05) is 6.61 Å². The molecule has 1 fully saturated rings. The fourth-order valence-electron chi connectivity index (χ4n) is 2.12. The third kappa shape index (κ3) is 5.92. The summed E-state index contributed by atoms with van der Waals surface area (Å²) >= 11 is 0. The zero-order valence-electron chi connectivity index (χ0n) is 13.9. The zero-order chi connectivity index (χ0) is 16.8. The number of amides is 1. The lowest BCUT2D eigenvalue weighted by atomic mass is 10.2. The van der Waals surface area contributed by atoms with Crippen molar-refractivity contribution in [3.05, 3.63) is 0 Å². The molecule has 1 amide bonds. The van der Waals surface area contributed by atoms with Gasteiger partial charge in [0, 0.05) is 12.3 Å². The van der Waals surface area contributed by atoms with Crippen molar-refractivity contribution in [3.8, 4) is 6.07 Å². The summed E-state index contributed by atoms with van der Waals surface area (Å²) in [4.78, 5) is 23.3. The number of esters is 1. The first-order valence-corrected chi connectivity index (χ1v) is 7.80. The van der Waals surface area contributed by atoms with Gasteiger partial charge in [-0.25, -0.2) is 4.79 Å². The molecule has 6 heteroatoms. The fourth-order valence-corrected chi connectivity index (χ4v) is 2.12. The van der Waals surface area contributed by atoms with Crippen LogP contribution in [0.3, 0.4) is 0 Å². The Hall–Kier alpha value is -1.77. The summed E-state index contributed by atoms with van der Waals surface area (Å²) in [5.41, 5.74) is -1.58. The summed E-state index contributed by atoms with van der Waals surface area (Å²) in [6.45, 7) is 7.50. The third-order valence-corrected chi connectivity index (χ3v) is 3.46. The third-order valence-electron chi connectivity index (χ3n) is 3.46. The zero-order valence-corrected chi connectivity index (χ0v) is 13.9. The maximum absolute atomic E-state index is 11.7. The first kappa shape index (κ1) is 18.3. The number of hydrogen-bond acceptors (Lipinski definition) is 5. The van der Waals surface area contributed by atoms with Gasteiger partial charge in [-0.05, 0) is 33.6 Å². The van der Waals surface area contributed by atoms with E-state index in [1.807, 2.05) is 0 Å². The van der Waals surface area contributed by atoms with E-state index < -0.39 is 17.2 Å². The van der Waals surface area contributed by atoms with Gasteiger partial charge in [0.2, 0.25) is 0 Å². The number of nitrogens with zero attached hydrogens (tertiary/aromatic N) is 1. The van der Waals surface area contributed by atoms with Crippen molar-refractivity contribution in [1.82, 2.24) is 5.32 Å².